The van der Waals surface area contributed by atoms with Crippen molar-refractivity contribution in [2.75, 3.05) is 26.2 Å². The molecule has 0 saturated carbocycles. The molecule has 142 valence electrons. The molecule has 27 heavy (non-hydrogen) atoms. The van der Waals surface area contributed by atoms with E-state index in [9.17, 15) is 9.59 Å². The number of piperazine rings is 1. The zero-order valence-electron chi connectivity index (χ0n) is 14.8. The van der Waals surface area contributed by atoms with E-state index < -0.39 is 5.76 Å². The first-order chi connectivity index (χ1) is 13.1. The molecule has 3 heterocycles. The highest BCUT2D eigenvalue weighted by molar-refractivity contribution is 9.11. The molecule has 0 unspecified atom stereocenters. The molecule has 0 bridgehead atoms. The summed E-state index contributed by atoms with van der Waals surface area (Å²) >= 11 is 5.25. The van der Waals surface area contributed by atoms with Crippen molar-refractivity contribution in [2.45, 2.75) is 19.5 Å². The lowest BCUT2D eigenvalue weighted by molar-refractivity contribution is -0.133. The molecule has 0 radical (unpaired) electrons. The van der Waals surface area contributed by atoms with Gasteiger partial charge in [0.05, 0.1) is 9.30 Å². The van der Waals surface area contributed by atoms with Gasteiger partial charge in [-0.1, -0.05) is 12.1 Å². The summed E-state index contributed by atoms with van der Waals surface area (Å²) in [6, 6.07) is 11.5. The molecule has 1 amide bonds. The maximum Gasteiger partial charge on any atom is 0.419 e. The quantitative estimate of drug-likeness (QED) is 0.600. The number of benzene rings is 1. The van der Waals surface area contributed by atoms with Gasteiger partial charge in [-0.2, -0.15) is 0 Å². The second-order valence-corrected chi connectivity index (χ2v) is 9.15. The Morgan fingerprint density at radius 1 is 1.11 bits per heavy atom. The Hall–Kier alpha value is -1.90. The van der Waals surface area contributed by atoms with Crippen LogP contribution in [0, 0.1) is 0 Å². The second-order valence-electron chi connectivity index (χ2n) is 6.60. The van der Waals surface area contributed by atoms with E-state index in [2.05, 4.69) is 33.0 Å². The summed E-state index contributed by atoms with van der Waals surface area (Å²) in [7, 11) is 0. The van der Waals surface area contributed by atoms with Crippen LogP contribution in [0.1, 0.15) is 11.3 Å². The molecule has 4 rings (SSSR count). The van der Waals surface area contributed by atoms with Crippen LogP contribution in [-0.4, -0.2) is 46.5 Å². The van der Waals surface area contributed by atoms with Gasteiger partial charge < -0.3 is 9.32 Å². The molecule has 1 aliphatic rings. The number of amides is 1. The molecule has 1 aromatic carbocycles. The standard InChI is InChI=1S/C19H20BrN3O3S/c20-17-6-5-14(27-17)13-21-9-11-22(12-10-21)18(24)7-8-23-15-3-1-2-4-16(15)26-19(23)25/h1-6H,7-13H2. The average molecular weight is 450 g/mol. The van der Waals surface area contributed by atoms with Crippen molar-refractivity contribution in [2.24, 2.45) is 0 Å². The normalized spacial score (nSPS) is 15.5. The zero-order valence-corrected chi connectivity index (χ0v) is 17.2. The number of hydrogen-bond acceptors (Lipinski definition) is 5. The number of hydrogen-bond donors (Lipinski definition) is 0. The topological polar surface area (TPSA) is 58.7 Å². The van der Waals surface area contributed by atoms with Crippen LogP contribution in [0.2, 0.25) is 0 Å². The summed E-state index contributed by atoms with van der Waals surface area (Å²) in [5.41, 5.74) is 1.30. The number of nitrogens with zero attached hydrogens (tertiary/aromatic N) is 3. The number of aromatic nitrogens is 1. The van der Waals surface area contributed by atoms with E-state index in [1.807, 2.05) is 23.1 Å². The summed E-state index contributed by atoms with van der Waals surface area (Å²) in [4.78, 5) is 30.2. The predicted octanol–water partition coefficient (Wildman–Crippen LogP) is 3.15. The third kappa shape index (κ3) is 4.17. The lowest BCUT2D eigenvalue weighted by Gasteiger charge is -2.34. The van der Waals surface area contributed by atoms with E-state index in [1.54, 1.807) is 17.4 Å². The molecule has 6 nitrogen and oxygen atoms in total. The van der Waals surface area contributed by atoms with Gasteiger partial charge in [0, 0.05) is 50.6 Å². The summed E-state index contributed by atoms with van der Waals surface area (Å²) < 4.78 is 7.91. The molecule has 0 atom stereocenters. The molecule has 3 aromatic rings. The van der Waals surface area contributed by atoms with Crippen LogP contribution < -0.4 is 5.76 Å². The number of oxazole rings is 1. The van der Waals surface area contributed by atoms with Gasteiger partial charge in [-0.3, -0.25) is 14.3 Å². The van der Waals surface area contributed by atoms with Crippen molar-refractivity contribution < 1.29 is 9.21 Å². The minimum atomic E-state index is -0.407. The first-order valence-corrected chi connectivity index (χ1v) is 10.5. The molecule has 2 aromatic heterocycles. The fraction of sp³-hybridized carbons (Fsp3) is 0.368. The SMILES string of the molecule is O=C(CCn1c(=O)oc2ccccc21)N1CCN(Cc2ccc(Br)s2)CC1. The molecule has 0 N–H and O–H groups in total. The highest BCUT2D eigenvalue weighted by atomic mass is 79.9. The number of aryl methyl sites for hydroxylation is 1. The van der Waals surface area contributed by atoms with Crippen LogP contribution in [0.5, 0.6) is 0 Å². The molecular formula is C19H20BrN3O3S. The zero-order chi connectivity index (χ0) is 18.8. The number of para-hydroxylation sites is 2. The van der Waals surface area contributed by atoms with Gasteiger partial charge in [-0.05, 0) is 40.2 Å². The highest BCUT2D eigenvalue weighted by Gasteiger charge is 2.22. The highest BCUT2D eigenvalue weighted by Crippen LogP contribution is 2.23. The monoisotopic (exact) mass is 449 g/mol. The van der Waals surface area contributed by atoms with E-state index in [-0.39, 0.29) is 5.91 Å². The van der Waals surface area contributed by atoms with E-state index in [0.717, 1.165) is 42.0 Å². The lowest BCUT2D eigenvalue weighted by atomic mass is 10.2. The van der Waals surface area contributed by atoms with Gasteiger partial charge in [-0.25, -0.2) is 4.79 Å². The first-order valence-electron chi connectivity index (χ1n) is 8.93. The van der Waals surface area contributed by atoms with Gasteiger partial charge in [0.15, 0.2) is 5.58 Å². The molecule has 1 aliphatic heterocycles. The van der Waals surface area contributed by atoms with Crippen molar-refractivity contribution in [3.63, 3.8) is 0 Å². The lowest BCUT2D eigenvalue weighted by Crippen LogP contribution is -2.48. The number of rotatable bonds is 5. The predicted molar refractivity (Wildman–Crippen MR) is 109 cm³/mol. The smallest absolute Gasteiger partial charge is 0.408 e. The summed E-state index contributed by atoms with van der Waals surface area (Å²) in [6.07, 6.45) is 0.307. The van der Waals surface area contributed by atoms with Crippen molar-refractivity contribution in [1.29, 1.82) is 0 Å². The van der Waals surface area contributed by atoms with E-state index in [1.165, 1.54) is 9.44 Å². The van der Waals surface area contributed by atoms with Gasteiger partial charge in [0.25, 0.3) is 0 Å². The Bertz CT molecular complexity index is 1000. The minimum absolute atomic E-state index is 0.0886. The molecule has 8 heteroatoms. The van der Waals surface area contributed by atoms with E-state index in [4.69, 9.17) is 4.42 Å². The van der Waals surface area contributed by atoms with Gasteiger partial charge in [0.1, 0.15) is 0 Å². The van der Waals surface area contributed by atoms with Crippen molar-refractivity contribution >= 4 is 44.3 Å². The Balaban J connectivity index is 1.30. The largest absolute Gasteiger partial charge is 0.419 e. The van der Waals surface area contributed by atoms with Gasteiger partial charge in [-0.15, -0.1) is 11.3 Å². The minimum Gasteiger partial charge on any atom is -0.408 e. The van der Waals surface area contributed by atoms with Gasteiger partial charge in [0.2, 0.25) is 5.91 Å². The first kappa shape index (κ1) is 18.5. The summed E-state index contributed by atoms with van der Waals surface area (Å²) in [6.45, 7) is 4.47. The molecule has 0 aliphatic carbocycles. The van der Waals surface area contributed by atoms with Crippen LogP contribution in [0.3, 0.4) is 0 Å². The van der Waals surface area contributed by atoms with Crippen molar-refractivity contribution in [3.05, 3.63) is 55.6 Å². The van der Waals surface area contributed by atoms with Crippen molar-refractivity contribution in [3.8, 4) is 0 Å². The molecule has 1 saturated heterocycles. The van der Waals surface area contributed by atoms with Crippen LogP contribution in [-0.2, 0) is 17.9 Å². The molecular weight excluding hydrogens is 430 g/mol. The van der Waals surface area contributed by atoms with Crippen LogP contribution in [0.15, 0.2) is 49.4 Å². The third-order valence-electron chi connectivity index (χ3n) is 4.86. The molecule has 1 fully saturated rings. The van der Waals surface area contributed by atoms with Crippen LogP contribution in [0.4, 0.5) is 0 Å². The van der Waals surface area contributed by atoms with E-state index in [0.29, 0.717) is 18.5 Å². The van der Waals surface area contributed by atoms with Crippen LogP contribution >= 0.6 is 27.3 Å². The van der Waals surface area contributed by atoms with E-state index >= 15 is 0 Å². The number of carbonyl (C=O) groups is 1. The Morgan fingerprint density at radius 3 is 2.63 bits per heavy atom. The fourth-order valence-corrected chi connectivity index (χ4v) is 4.93. The second kappa shape index (κ2) is 8.00. The molecule has 0 spiro atoms. The maximum atomic E-state index is 12.6. The third-order valence-corrected chi connectivity index (χ3v) is 6.46. The summed E-state index contributed by atoms with van der Waals surface area (Å²) in [5.74, 6) is -0.318. The number of fused-ring (bicyclic) bond motifs is 1. The summed E-state index contributed by atoms with van der Waals surface area (Å²) in [5, 5.41) is 0. The number of halogens is 1. The Kier molecular flexibility index (Phi) is 5.47. The number of carbonyl (C=O) groups excluding carboxylic acids is 1. The van der Waals surface area contributed by atoms with Gasteiger partial charge >= 0.3 is 5.76 Å². The maximum absolute atomic E-state index is 12.6. The van der Waals surface area contributed by atoms with Crippen molar-refractivity contribution in [1.82, 2.24) is 14.4 Å². The average Bonchev–Trinajstić information content (AvgIpc) is 3.22. The fourth-order valence-electron chi connectivity index (χ4n) is 3.40. The number of thiophene rings is 1. The van der Waals surface area contributed by atoms with Crippen LogP contribution in [0.25, 0.3) is 11.1 Å². The Labute approximate surface area is 169 Å². The Morgan fingerprint density at radius 2 is 1.89 bits per heavy atom.